The van der Waals surface area contributed by atoms with Gasteiger partial charge in [-0.2, -0.15) is 0 Å². The lowest BCUT2D eigenvalue weighted by atomic mass is 9.82. The minimum atomic E-state index is -0.503. The number of hydrogen-bond acceptors (Lipinski definition) is 4. The maximum atomic E-state index is 10.7. The van der Waals surface area contributed by atoms with Gasteiger partial charge in [0.1, 0.15) is 6.23 Å². The van der Waals surface area contributed by atoms with Crippen molar-refractivity contribution in [1.29, 1.82) is 0 Å². The van der Waals surface area contributed by atoms with Crippen LogP contribution in [0.25, 0.3) is 0 Å². The second kappa shape index (κ2) is 2.69. The van der Waals surface area contributed by atoms with Crippen LogP contribution in [0, 0.1) is 11.3 Å². The Hall–Kier alpha value is -0.610. The standard InChI is InChI=1S/C9H15NO3/c1-5(11)13-8-6(7(12)10-8)9(2)3-4-9/h6-8,10,12H,3-4H2,1-2H3/t6-,7?,8+/m0/s1. The van der Waals surface area contributed by atoms with E-state index < -0.39 is 6.23 Å². The minimum Gasteiger partial charge on any atom is -0.446 e. The first-order chi connectivity index (χ1) is 6.03. The van der Waals surface area contributed by atoms with Gasteiger partial charge >= 0.3 is 5.97 Å². The molecule has 0 aromatic rings. The first-order valence-corrected chi connectivity index (χ1v) is 4.64. The number of ether oxygens (including phenoxy) is 1. The van der Waals surface area contributed by atoms with Gasteiger partial charge in [-0.1, -0.05) is 6.92 Å². The van der Waals surface area contributed by atoms with Crippen LogP contribution in [-0.4, -0.2) is 23.5 Å². The Bertz CT molecular complexity index is 237. The summed E-state index contributed by atoms with van der Waals surface area (Å²) in [6.07, 6.45) is 1.46. The largest absolute Gasteiger partial charge is 0.446 e. The lowest BCUT2D eigenvalue weighted by molar-refractivity contribution is -0.191. The summed E-state index contributed by atoms with van der Waals surface area (Å²) < 4.78 is 5.03. The summed E-state index contributed by atoms with van der Waals surface area (Å²) in [6.45, 7) is 3.51. The van der Waals surface area contributed by atoms with Crippen molar-refractivity contribution in [2.45, 2.75) is 39.1 Å². The molecule has 0 bridgehead atoms. The van der Waals surface area contributed by atoms with Gasteiger partial charge in [0.2, 0.25) is 0 Å². The maximum Gasteiger partial charge on any atom is 0.304 e. The van der Waals surface area contributed by atoms with E-state index >= 15 is 0 Å². The van der Waals surface area contributed by atoms with Crippen LogP contribution in [0.15, 0.2) is 0 Å². The van der Waals surface area contributed by atoms with Crippen LogP contribution in [-0.2, 0) is 9.53 Å². The molecule has 74 valence electrons. The molecule has 1 saturated carbocycles. The molecule has 2 aliphatic rings. The quantitative estimate of drug-likeness (QED) is 0.604. The Balaban J connectivity index is 1.96. The zero-order chi connectivity index (χ0) is 9.64. The molecular formula is C9H15NO3. The maximum absolute atomic E-state index is 10.7. The summed E-state index contributed by atoms with van der Waals surface area (Å²) in [6, 6.07) is 0. The molecule has 1 unspecified atom stereocenters. The number of carbonyl (C=O) groups is 1. The average molecular weight is 185 g/mol. The summed E-state index contributed by atoms with van der Waals surface area (Å²) in [5.74, 6) is -0.213. The van der Waals surface area contributed by atoms with Gasteiger partial charge in [-0.15, -0.1) is 0 Å². The molecule has 1 heterocycles. The highest BCUT2D eigenvalue weighted by molar-refractivity contribution is 5.66. The fraction of sp³-hybridized carbons (Fsp3) is 0.889. The van der Waals surface area contributed by atoms with Gasteiger partial charge in [-0.3, -0.25) is 10.1 Å². The van der Waals surface area contributed by atoms with Crippen molar-refractivity contribution < 1.29 is 14.6 Å². The third-order valence-electron chi connectivity index (χ3n) is 3.14. The van der Waals surface area contributed by atoms with Gasteiger partial charge in [-0.25, -0.2) is 0 Å². The molecule has 1 aliphatic carbocycles. The van der Waals surface area contributed by atoms with E-state index in [2.05, 4.69) is 12.2 Å². The number of esters is 1. The van der Waals surface area contributed by atoms with Crippen molar-refractivity contribution in [2.24, 2.45) is 11.3 Å². The number of rotatable bonds is 2. The lowest BCUT2D eigenvalue weighted by Crippen LogP contribution is -2.65. The average Bonchev–Trinajstić information content (AvgIpc) is 2.65. The van der Waals surface area contributed by atoms with Crippen LogP contribution < -0.4 is 5.32 Å². The normalized spacial score (nSPS) is 40.7. The number of aliphatic hydroxyl groups excluding tert-OH is 1. The van der Waals surface area contributed by atoms with Gasteiger partial charge in [0.25, 0.3) is 0 Å². The van der Waals surface area contributed by atoms with Crippen molar-refractivity contribution in [2.75, 3.05) is 0 Å². The van der Waals surface area contributed by atoms with E-state index in [0.29, 0.717) is 0 Å². The van der Waals surface area contributed by atoms with E-state index in [1.54, 1.807) is 0 Å². The molecule has 13 heavy (non-hydrogen) atoms. The molecule has 2 rings (SSSR count). The summed E-state index contributed by atoms with van der Waals surface area (Å²) in [5.41, 5.74) is 0.185. The van der Waals surface area contributed by atoms with E-state index in [-0.39, 0.29) is 23.5 Å². The Morgan fingerprint density at radius 2 is 2.23 bits per heavy atom. The van der Waals surface area contributed by atoms with Crippen molar-refractivity contribution in [1.82, 2.24) is 5.32 Å². The zero-order valence-corrected chi connectivity index (χ0v) is 7.91. The van der Waals surface area contributed by atoms with Crippen molar-refractivity contribution in [3.8, 4) is 0 Å². The van der Waals surface area contributed by atoms with Crippen molar-refractivity contribution >= 4 is 5.97 Å². The third-order valence-corrected chi connectivity index (χ3v) is 3.14. The van der Waals surface area contributed by atoms with E-state index in [9.17, 15) is 9.90 Å². The summed E-state index contributed by atoms with van der Waals surface area (Å²) in [5, 5.41) is 12.2. The smallest absolute Gasteiger partial charge is 0.304 e. The van der Waals surface area contributed by atoms with E-state index in [1.807, 2.05) is 0 Å². The fourth-order valence-electron chi connectivity index (χ4n) is 1.99. The Labute approximate surface area is 77.3 Å². The fourth-order valence-corrected chi connectivity index (χ4v) is 1.99. The lowest BCUT2D eigenvalue weighted by Gasteiger charge is -2.45. The molecule has 2 N–H and O–H groups in total. The van der Waals surface area contributed by atoms with E-state index in [1.165, 1.54) is 6.92 Å². The topological polar surface area (TPSA) is 58.6 Å². The molecule has 2 fully saturated rings. The highest BCUT2D eigenvalue weighted by Gasteiger charge is 2.58. The summed E-state index contributed by atoms with van der Waals surface area (Å²) in [4.78, 5) is 10.7. The molecule has 1 saturated heterocycles. The van der Waals surface area contributed by atoms with Gasteiger partial charge in [0.15, 0.2) is 6.23 Å². The molecule has 4 nitrogen and oxygen atoms in total. The number of aliphatic hydroxyl groups is 1. The van der Waals surface area contributed by atoms with Gasteiger partial charge < -0.3 is 9.84 Å². The first kappa shape index (κ1) is 8.97. The Kier molecular flexibility index (Phi) is 1.85. The second-order valence-corrected chi connectivity index (χ2v) is 4.32. The Morgan fingerprint density at radius 3 is 2.62 bits per heavy atom. The molecule has 0 amide bonds. The number of carbonyl (C=O) groups excluding carboxylic acids is 1. The number of nitrogens with one attached hydrogen (secondary N) is 1. The molecule has 3 atom stereocenters. The summed E-state index contributed by atoms with van der Waals surface area (Å²) >= 11 is 0. The second-order valence-electron chi connectivity index (χ2n) is 4.32. The molecule has 1 aliphatic heterocycles. The molecular weight excluding hydrogens is 170 g/mol. The summed E-state index contributed by atoms with van der Waals surface area (Å²) in [7, 11) is 0. The highest BCUT2D eigenvalue weighted by atomic mass is 16.6. The van der Waals surface area contributed by atoms with Crippen molar-refractivity contribution in [3.63, 3.8) is 0 Å². The van der Waals surface area contributed by atoms with Gasteiger partial charge in [0.05, 0.1) is 5.92 Å². The molecule has 0 radical (unpaired) electrons. The van der Waals surface area contributed by atoms with Crippen LogP contribution in [0.2, 0.25) is 0 Å². The predicted octanol–water partition coefficient (Wildman–Crippen LogP) is 0.213. The van der Waals surface area contributed by atoms with E-state index in [4.69, 9.17) is 4.74 Å². The highest BCUT2D eigenvalue weighted by Crippen LogP contribution is 2.56. The van der Waals surface area contributed by atoms with Gasteiger partial charge in [0, 0.05) is 6.92 Å². The van der Waals surface area contributed by atoms with Gasteiger partial charge in [-0.05, 0) is 18.3 Å². The zero-order valence-electron chi connectivity index (χ0n) is 7.91. The number of hydrogen-bond donors (Lipinski definition) is 2. The van der Waals surface area contributed by atoms with Crippen LogP contribution in [0.3, 0.4) is 0 Å². The van der Waals surface area contributed by atoms with E-state index in [0.717, 1.165) is 12.8 Å². The minimum absolute atomic E-state index is 0.0800. The van der Waals surface area contributed by atoms with Crippen molar-refractivity contribution in [3.05, 3.63) is 0 Å². The molecule has 0 aromatic heterocycles. The first-order valence-electron chi connectivity index (χ1n) is 4.64. The monoisotopic (exact) mass is 185 g/mol. The predicted molar refractivity (Wildman–Crippen MR) is 45.5 cm³/mol. The van der Waals surface area contributed by atoms with Crippen LogP contribution in [0.4, 0.5) is 0 Å². The molecule has 0 aromatic carbocycles. The molecule has 4 heteroatoms. The van der Waals surface area contributed by atoms with Crippen LogP contribution in [0.5, 0.6) is 0 Å². The molecule has 0 spiro atoms. The third kappa shape index (κ3) is 1.44. The van der Waals surface area contributed by atoms with Crippen LogP contribution >= 0.6 is 0 Å². The van der Waals surface area contributed by atoms with Crippen LogP contribution in [0.1, 0.15) is 26.7 Å². The Morgan fingerprint density at radius 1 is 1.62 bits per heavy atom. The SMILES string of the molecule is CC(=O)O[C@H]1NC(O)[C@@H]1C1(C)CC1.